The van der Waals surface area contributed by atoms with E-state index in [-0.39, 0.29) is 6.04 Å². The third-order valence-corrected chi connectivity index (χ3v) is 5.94. The van der Waals surface area contributed by atoms with E-state index in [4.69, 9.17) is 0 Å². The van der Waals surface area contributed by atoms with E-state index in [1.54, 1.807) is 0 Å². The van der Waals surface area contributed by atoms with Crippen LogP contribution in [0.5, 0.6) is 0 Å². The van der Waals surface area contributed by atoms with Crippen LogP contribution in [0, 0.1) is 5.92 Å². The van der Waals surface area contributed by atoms with Crippen molar-refractivity contribution < 1.29 is 8.42 Å². The summed E-state index contributed by atoms with van der Waals surface area (Å²) in [7, 11) is -3.13. The predicted octanol–water partition coefficient (Wildman–Crippen LogP) is 3.51. The highest BCUT2D eigenvalue weighted by Gasteiger charge is 2.22. The van der Waals surface area contributed by atoms with Gasteiger partial charge < -0.3 is 0 Å². The molecule has 1 unspecified atom stereocenters. The van der Waals surface area contributed by atoms with Crippen molar-refractivity contribution in [2.75, 3.05) is 5.75 Å². The number of hydrogen-bond donors (Lipinski definition) is 1. The number of aryl methyl sites for hydroxylation is 1. The van der Waals surface area contributed by atoms with Crippen LogP contribution in [0.2, 0.25) is 0 Å². The summed E-state index contributed by atoms with van der Waals surface area (Å²) in [6, 6.07) is 10.2. The summed E-state index contributed by atoms with van der Waals surface area (Å²) < 4.78 is 27.3. The van der Waals surface area contributed by atoms with E-state index in [0.29, 0.717) is 11.7 Å². The van der Waals surface area contributed by atoms with Gasteiger partial charge >= 0.3 is 0 Å². The number of rotatable bonds is 7. The summed E-state index contributed by atoms with van der Waals surface area (Å²) in [5.74, 6) is 0.667. The molecule has 118 valence electrons. The zero-order valence-corrected chi connectivity index (χ0v) is 13.7. The van der Waals surface area contributed by atoms with Crippen LogP contribution in [-0.4, -0.2) is 20.2 Å². The van der Waals surface area contributed by atoms with Crippen molar-refractivity contribution in [3.63, 3.8) is 0 Å². The highest BCUT2D eigenvalue weighted by molar-refractivity contribution is 7.89. The maximum absolute atomic E-state index is 12.2. The smallest absolute Gasteiger partial charge is 0.212 e. The monoisotopic (exact) mass is 309 g/mol. The van der Waals surface area contributed by atoms with Gasteiger partial charge in [-0.1, -0.05) is 49.6 Å². The molecule has 2 rings (SSSR count). The Balaban J connectivity index is 1.76. The molecule has 0 aliphatic heterocycles. The van der Waals surface area contributed by atoms with Gasteiger partial charge in [0.25, 0.3) is 0 Å². The Hall–Kier alpha value is -0.870. The zero-order chi connectivity index (χ0) is 15.1. The van der Waals surface area contributed by atoms with Gasteiger partial charge in [0.05, 0.1) is 5.75 Å². The van der Waals surface area contributed by atoms with Gasteiger partial charge in [0.2, 0.25) is 10.0 Å². The fraction of sp³-hybridized carbons (Fsp3) is 0.647. The minimum atomic E-state index is -3.13. The summed E-state index contributed by atoms with van der Waals surface area (Å²) in [6.45, 7) is 1.96. The Kier molecular flexibility index (Phi) is 6.24. The Bertz CT molecular complexity index is 507. The average Bonchev–Trinajstić information content (AvgIpc) is 2.46. The molecule has 0 amide bonds. The van der Waals surface area contributed by atoms with Crippen LogP contribution in [0.4, 0.5) is 0 Å². The van der Waals surface area contributed by atoms with E-state index in [1.807, 2.05) is 25.1 Å². The summed E-state index contributed by atoms with van der Waals surface area (Å²) in [5, 5.41) is 0. The van der Waals surface area contributed by atoms with E-state index in [9.17, 15) is 8.42 Å². The van der Waals surface area contributed by atoms with Crippen molar-refractivity contribution in [2.45, 2.75) is 57.9 Å². The fourth-order valence-electron chi connectivity index (χ4n) is 3.11. The molecule has 0 spiro atoms. The van der Waals surface area contributed by atoms with Gasteiger partial charge in [-0.05, 0) is 44.1 Å². The van der Waals surface area contributed by atoms with E-state index < -0.39 is 10.0 Å². The molecule has 0 radical (unpaired) electrons. The minimum absolute atomic E-state index is 0.00111. The first-order valence-electron chi connectivity index (χ1n) is 8.09. The van der Waals surface area contributed by atoms with Crippen LogP contribution in [0.25, 0.3) is 0 Å². The van der Waals surface area contributed by atoms with Gasteiger partial charge in [-0.15, -0.1) is 0 Å². The highest BCUT2D eigenvalue weighted by Crippen LogP contribution is 2.24. The van der Waals surface area contributed by atoms with E-state index in [1.165, 1.54) is 24.8 Å². The largest absolute Gasteiger partial charge is 0.212 e. The molecule has 1 N–H and O–H groups in total. The Morgan fingerprint density at radius 1 is 1.14 bits per heavy atom. The van der Waals surface area contributed by atoms with E-state index in [2.05, 4.69) is 16.9 Å². The first-order valence-corrected chi connectivity index (χ1v) is 9.74. The lowest BCUT2D eigenvalue weighted by atomic mass is 9.91. The van der Waals surface area contributed by atoms with Crippen molar-refractivity contribution in [1.82, 2.24) is 4.72 Å². The van der Waals surface area contributed by atoms with Gasteiger partial charge in [0.1, 0.15) is 0 Å². The summed E-state index contributed by atoms with van der Waals surface area (Å²) in [4.78, 5) is 0. The molecule has 1 atom stereocenters. The molecule has 1 aliphatic rings. The Labute approximate surface area is 129 Å². The number of sulfonamides is 1. The first-order chi connectivity index (χ1) is 10.1. The molecule has 0 saturated heterocycles. The molecular formula is C17H27NO2S. The third kappa shape index (κ3) is 6.18. The second kappa shape index (κ2) is 7.95. The summed E-state index contributed by atoms with van der Waals surface area (Å²) in [5.41, 5.74) is 1.26. The van der Waals surface area contributed by atoms with Gasteiger partial charge in [-0.3, -0.25) is 0 Å². The van der Waals surface area contributed by atoms with Gasteiger partial charge in [0, 0.05) is 6.04 Å². The topological polar surface area (TPSA) is 46.2 Å². The zero-order valence-electron chi connectivity index (χ0n) is 12.9. The van der Waals surface area contributed by atoms with Crippen LogP contribution in [0.1, 0.15) is 51.0 Å². The van der Waals surface area contributed by atoms with E-state index in [0.717, 1.165) is 25.7 Å². The maximum atomic E-state index is 12.2. The van der Waals surface area contributed by atoms with Crippen LogP contribution in [0.3, 0.4) is 0 Å². The second-order valence-corrected chi connectivity index (χ2v) is 8.13. The molecule has 0 bridgehead atoms. The molecule has 1 aromatic carbocycles. The van der Waals surface area contributed by atoms with Crippen molar-refractivity contribution in [3.05, 3.63) is 35.9 Å². The van der Waals surface area contributed by atoms with Crippen molar-refractivity contribution >= 4 is 10.0 Å². The van der Waals surface area contributed by atoms with Crippen LogP contribution in [0.15, 0.2) is 30.3 Å². The predicted molar refractivity (Wildman–Crippen MR) is 87.7 cm³/mol. The molecule has 3 nitrogen and oxygen atoms in total. The molecule has 0 heterocycles. The van der Waals surface area contributed by atoms with Gasteiger partial charge in [0.15, 0.2) is 0 Å². The van der Waals surface area contributed by atoms with Crippen molar-refractivity contribution in [2.24, 2.45) is 5.92 Å². The average molecular weight is 309 g/mol. The van der Waals surface area contributed by atoms with Gasteiger partial charge in [-0.2, -0.15) is 0 Å². The SMILES string of the molecule is CC(CCc1ccccc1)NS(=O)(=O)CC1CCCCC1. The molecule has 1 saturated carbocycles. The highest BCUT2D eigenvalue weighted by atomic mass is 32.2. The standard InChI is InChI=1S/C17H27NO2S/c1-15(12-13-16-8-4-2-5-9-16)18-21(19,20)14-17-10-6-3-7-11-17/h2,4-5,8-9,15,17-18H,3,6-7,10-14H2,1H3. The lowest BCUT2D eigenvalue weighted by Crippen LogP contribution is -2.37. The molecular weight excluding hydrogens is 282 g/mol. The van der Waals surface area contributed by atoms with Crippen molar-refractivity contribution in [3.8, 4) is 0 Å². The normalized spacial score (nSPS) is 18.5. The molecule has 1 fully saturated rings. The van der Waals surface area contributed by atoms with Crippen LogP contribution in [-0.2, 0) is 16.4 Å². The lowest BCUT2D eigenvalue weighted by molar-refractivity contribution is 0.383. The number of benzene rings is 1. The summed E-state index contributed by atoms with van der Waals surface area (Å²) >= 11 is 0. The second-order valence-electron chi connectivity index (χ2n) is 6.33. The molecule has 4 heteroatoms. The van der Waals surface area contributed by atoms with Crippen LogP contribution >= 0.6 is 0 Å². The first kappa shape index (κ1) is 16.5. The molecule has 21 heavy (non-hydrogen) atoms. The quantitative estimate of drug-likeness (QED) is 0.838. The number of hydrogen-bond acceptors (Lipinski definition) is 2. The third-order valence-electron chi connectivity index (χ3n) is 4.27. The fourth-order valence-corrected chi connectivity index (χ4v) is 4.89. The minimum Gasteiger partial charge on any atom is -0.212 e. The number of nitrogens with one attached hydrogen (secondary N) is 1. The lowest BCUT2D eigenvalue weighted by Gasteiger charge is -2.22. The molecule has 1 aromatic rings. The molecule has 1 aliphatic carbocycles. The summed E-state index contributed by atoms with van der Waals surface area (Å²) in [6.07, 6.45) is 7.52. The molecule has 0 aromatic heterocycles. The van der Waals surface area contributed by atoms with Crippen molar-refractivity contribution in [1.29, 1.82) is 0 Å². The Morgan fingerprint density at radius 2 is 1.81 bits per heavy atom. The van der Waals surface area contributed by atoms with Crippen LogP contribution < -0.4 is 4.72 Å². The van der Waals surface area contributed by atoms with Gasteiger partial charge in [-0.25, -0.2) is 13.1 Å². The Morgan fingerprint density at radius 3 is 2.48 bits per heavy atom. The van der Waals surface area contributed by atoms with E-state index >= 15 is 0 Å². The maximum Gasteiger partial charge on any atom is 0.212 e.